The fraction of sp³-hybridized carbons (Fsp3) is 0.200. The number of amides is 1. The lowest BCUT2D eigenvalue weighted by atomic mass is 10.2. The van der Waals surface area contributed by atoms with Crippen LogP contribution in [0.2, 0.25) is 0 Å². The van der Waals surface area contributed by atoms with Gasteiger partial charge < -0.3 is 19.5 Å². The fourth-order valence-corrected chi connectivity index (χ4v) is 2.39. The summed E-state index contributed by atoms with van der Waals surface area (Å²) >= 11 is 0. The minimum absolute atomic E-state index is 0.113. The van der Waals surface area contributed by atoms with Gasteiger partial charge in [-0.25, -0.2) is 4.79 Å². The van der Waals surface area contributed by atoms with Crippen LogP contribution in [0.1, 0.15) is 11.1 Å². The molecule has 0 radical (unpaired) electrons. The van der Waals surface area contributed by atoms with Crippen LogP contribution in [0, 0.1) is 17.0 Å². The van der Waals surface area contributed by atoms with Crippen molar-refractivity contribution >= 4 is 29.3 Å². The number of anilines is 1. The number of nitrogens with one attached hydrogen (secondary N) is 1. The first-order valence-corrected chi connectivity index (χ1v) is 8.45. The molecule has 2 aromatic rings. The molecule has 0 aliphatic heterocycles. The minimum atomic E-state index is -0.718. The maximum Gasteiger partial charge on any atom is 0.331 e. The number of nitrogens with zero attached hydrogens (tertiary/aromatic N) is 1. The van der Waals surface area contributed by atoms with Crippen molar-refractivity contribution in [3.8, 4) is 11.5 Å². The van der Waals surface area contributed by atoms with Crippen molar-refractivity contribution < 1.29 is 28.7 Å². The smallest absolute Gasteiger partial charge is 0.331 e. The summed E-state index contributed by atoms with van der Waals surface area (Å²) in [6, 6.07) is 9.39. The quantitative estimate of drug-likeness (QED) is 0.313. The first-order valence-electron chi connectivity index (χ1n) is 8.45. The van der Waals surface area contributed by atoms with Crippen LogP contribution in [0.4, 0.5) is 11.4 Å². The molecule has 0 aliphatic rings. The molecule has 2 rings (SSSR count). The Bertz CT molecular complexity index is 954. The van der Waals surface area contributed by atoms with Gasteiger partial charge in [0.05, 0.1) is 19.1 Å². The van der Waals surface area contributed by atoms with E-state index in [4.69, 9.17) is 14.2 Å². The third kappa shape index (κ3) is 6.06. The number of hydrogen-bond donors (Lipinski definition) is 1. The molecule has 1 amide bonds. The van der Waals surface area contributed by atoms with Crippen LogP contribution in [-0.2, 0) is 14.3 Å². The first kappa shape index (κ1) is 21.4. The maximum absolute atomic E-state index is 11.9. The lowest BCUT2D eigenvalue weighted by Gasteiger charge is -2.07. The summed E-state index contributed by atoms with van der Waals surface area (Å²) < 4.78 is 15.2. The van der Waals surface area contributed by atoms with Gasteiger partial charge in [0.15, 0.2) is 18.1 Å². The molecule has 1 N–H and O–H groups in total. The van der Waals surface area contributed by atoms with E-state index in [1.807, 2.05) is 0 Å². The van der Waals surface area contributed by atoms with Gasteiger partial charge in [-0.1, -0.05) is 12.1 Å². The Balaban J connectivity index is 1.90. The number of methoxy groups -OCH3 is 2. The molecule has 0 spiro atoms. The fourth-order valence-electron chi connectivity index (χ4n) is 2.39. The molecule has 0 heterocycles. The van der Waals surface area contributed by atoms with Crippen molar-refractivity contribution in [1.82, 2.24) is 0 Å². The lowest BCUT2D eigenvalue weighted by Crippen LogP contribution is -2.20. The number of carbonyl (C=O) groups is 2. The van der Waals surface area contributed by atoms with Gasteiger partial charge >= 0.3 is 5.97 Å². The van der Waals surface area contributed by atoms with Crippen molar-refractivity contribution in [1.29, 1.82) is 0 Å². The number of nitro groups is 1. The number of ether oxygens (including phenoxy) is 3. The zero-order valence-corrected chi connectivity index (χ0v) is 16.1. The zero-order valence-electron chi connectivity index (χ0n) is 16.1. The van der Waals surface area contributed by atoms with Gasteiger partial charge in [0.1, 0.15) is 0 Å². The van der Waals surface area contributed by atoms with E-state index in [0.717, 1.165) is 0 Å². The van der Waals surface area contributed by atoms with Crippen molar-refractivity contribution in [2.45, 2.75) is 6.92 Å². The molecule has 9 heteroatoms. The van der Waals surface area contributed by atoms with Gasteiger partial charge in [-0.15, -0.1) is 0 Å². The highest BCUT2D eigenvalue weighted by atomic mass is 16.6. The Morgan fingerprint density at radius 2 is 1.83 bits per heavy atom. The van der Waals surface area contributed by atoms with Crippen LogP contribution in [0.3, 0.4) is 0 Å². The second kappa shape index (κ2) is 9.88. The summed E-state index contributed by atoms with van der Waals surface area (Å²) in [5.74, 6) is -0.268. The Labute approximate surface area is 167 Å². The van der Waals surface area contributed by atoms with Gasteiger partial charge in [0.25, 0.3) is 11.6 Å². The van der Waals surface area contributed by atoms with E-state index in [1.165, 1.54) is 44.6 Å². The Kier molecular flexibility index (Phi) is 7.30. The van der Waals surface area contributed by atoms with Crippen LogP contribution < -0.4 is 14.8 Å². The molecule has 0 aromatic heterocycles. The topological polar surface area (TPSA) is 117 Å². The number of rotatable bonds is 8. The minimum Gasteiger partial charge on any atom is -0.493 e. The van der Waals surface area contributed by atoms with E-state index < -0.39 is 23.4 Å². The molecule has 0 aliphatic carbocycles. The summed E-state index contributed by atoms with van der Waals surface area (Å²) in [7, 11) is 3.02. The molecule has 152 valence electrons. The van der Waals surface area contributed by atoms with Gasteiger partial charge in [0, 0.05) is 23.4 Å². The number of benzene rings is 2. The van der Waals surface area contributed by atoms with Crippen molar-refractivity contribution in [3.05, 3.63) is 63.7 Å². The highest BCUT2D eigenvalue weighted by Crippen LogP contribution is 2.28. The lowest BCUT2D eigenvalue weighted by molar-refractivity contribution is -0.385. The monoisotopic (exact) mass is 400 g/mol. The SMILES string of the molecule is COc1ccc(C=CC(=O)OCC(=O)Nc2ccc(C)c([N+](=O)[O-])c2)cc1OC. The molecule has 0 unspecified atom stereocenters. The van der Waals surface area contributed by atoms with Crippen molar-refractivity contribution in [3.63, 3.8) is 0 Å². The summed E-state index contributed by atoms with van der Waals surface area (Å²) in [6.07, 6.45) is 2.68. The predicted octanol–water partition coefficient (Wildman–Crippen LogP) is 3.12. The maximum atomic E-state index is 11.9. The number of carbonyl (C=O) groups excluding carboxylic acids is 2. The normalized spacial score (nSPS) is 10.4. The Hall–Kier alpha value is -3.88. The second-order valence-corrected chi connectivity index (χ2v) is 5.86. The van der Waals surface area contributed by atoms with E-state index in [1.54, 1.807) is 25.1 Å². The molecule has 29 heavy (non-hydrogen) atoms. The summed E-state index contributed by atoms with van der Waals surface area (Å²) in [5, 5.41) is 13.4. The molecule has 0 atom stereocenters. The van der Waals surface area contributed by atoms with E-state index in [-0.39, 0.29) is 11.4 Å². The van der Waals surface area contributed by atoms with Crippen LogP contribution in [0.25, 0.3) is 6.08 Å². The number of hydrogen-bond acceptors (Lipinski definition) is 7. The van der Waals surface area contributed by atoms with E-state index >= 15 is 0 Å². The van der Waals surface area contributed by atoms with Crippen LogP contribution in [-0.4, -0.2) is 37.6 Å². The molecule has 0 saturated carbocycles. The Morgan fingerprint density at radius 3 is 2.48 bits per heavy atom. The predicted molar refractivity (Wildman–Crippen MR) is 106 cm³/mol. The first-order chi connectivity index (χ1) is 13.8. The van der Waals surface area contributed by atoms with Crippen LogP contribution in [0.15, 0.2) is 42.5 Å². The van der Waals surface area contributed by atoms with E-state index in [2.05, 4.69) is 5.32 Å². The summed E-state index contributed by atoms with van der Waals surface area (Å²) in [5.41, 5.74) is 1.28. The van der Waals surface area contributed by atoms with Crippen LogP contribution >= 0.6 is 0 Å². The Morgan fingerprint density at radius 1 is 1.10 bits per heavy atom. The molecule has 0 bridgehead atoms. The number of nitro benzene ring substituents is 1. The molecule has 0 saturated heterocycles. The van der Waals surface area contributed by atoms with Gasteiger partial charge in [-0.05, 0) is 36.8 Å². The van der Waals surface area contributed by atoms with Gasteiger partial charge in [-0.2, -0.15) is 0 Å². The van der Waals surface area contributed by atoms with Crippen LogP contribution in [0.5, 0.6) is 11.5 Å². The molecular weight excluding hydrogens is 380 g/mol. The highest BCUT2D eigenvalue weighted by molar-refractivity contribution is 5.95. The summed E-state index contributed by atoms with van der Waals surface area (Å²) in [4.78, 5) is 34.1. The van der Waals surface area contributed by atoms with Crippen molar-refractivity contribution in [2.75, 3.05) is 26.1 Å². The van der Waals surface area contributed by atoms with Gasteiger partial charge in [0.2, 0.25) is 0 Å². The number of aryl methyl sites for hydroxylation is 1. The average Bonchev–Trinajstić information content (AvgIpc) is 2.71. The highest BCUT2D eigenvalue weighted by Gasteiger charge is 2.13. The molecule has 0 fully saturated rings. The molecule has 9 nitrogen and oxygen atoms in total. The third-order valence-corrected chi connectivity index (χ3v) is 3.85. The standard InChI is InChI=1S/C20H20N2O7/c1-13-4-7-15(11-16(13)22(25)26)21-19(23)12-29-20(24)9-6-14-5-8-17(27-2)18(10-14)28-3/h4-11H,12H2,1-3H3,(H,21,23). The van der Waals surface area contributed by atoms with Gasteiger partial charge in [-0.3, -0.25) is 14.9 Å². The zero-order chi connectivity index (χ0) is 21.4. The average molecular weight is 400 g/mol. The number of esters is 1. The second-order valence-electron chi connectivity index (χ2n) is 5.86. The van der Waals surface area contributed by atoms with E-state index in [9.17, 15) is 19.7 Å². The van der Waals surface area contributed by atoms with Crippen molar-refractivity contribution in [2.24, 2.45) is 0 Å². The largest absolute Gasteiger partial charge is 0.493 e. The third-order valence-electron chi connectivity index (χ3n) is 3.85. The van der Waals surface area contributed by atoms with E-state index in [0.29, 0.717) is 22.6 Å². The summed E-state index contributed by atoms with van der Waals surface area (Å²) in [6.45, 7) is 1.06. The molecule has 2 aromatic carbocycles. The molecular formula is C20H20N2O7.